The van der Waals surface area contributed by atoms with Gasteiger partial charge in [0.2, 0.25) is 0 Å². The lowest BCUT2D eigenvalue weighted by Crippen LogP contribution is -2.14. The molecule has 132 valence electrons. The van der Waals surface area contributed by atoms with Gasteiger partial charge in [0, 0.05) is 17.8 Å². The lowest BCUT2D eigenvalue weighted by atomic mass is 10.2. The number of aromatic nitrogens is 2. The Morgan fingerprint density at radius 3 is 2.81 bits per heavy atom. The van der Waals surface area contributed by atoms with E-state index in [0.29, 0.717) is 17.3 Å². The van der Waals surface area contributed by atoms with E-state index in [1.54, 1.807) is 12.1 Å². The zero-order valence-corrected chi connectivity index (χ0v) is 14.8. The van der Waals surface area contributed by atoms with Crippen molar-refractivity contribution in [2.24, 2.45) is 0 Å². The Labute approximate surface area is 154 Å². The lowest BCUT2D eigenvalue weighted by molar-refractivity contribution is 0.0600. The van der Waals surface area contributed by atoms with Crippen molar-refractivity contribution in [2.75, 3.05) is 12.4 Å². The Morgan fingerprint density at radius 2 is 2.08 bits per heavy atom. The maximum Gasteiger partial charge on any atom is 0.339 e. The summed E-state index contributed by atoms with van der Waals surface area (Å²) in [4.78, 5) is 29.1. The molecule has 1 N–H and O–H groups in total. The largest absolute Gasteiger partial charge is 0.465 e. The van der Waals surface area contributed by atoms with Crippen LogP contribution in [0.3, 0.4) is 0 Å². The molecule has 7 heteroatoms. The molecule has 1 aromatic carbocycles. The molecule has 1 saturated carbocycles. The van der Waals surface area contributed by atoms with Crippen LogP contribution in [-0.2, 0) is 4.74 Å². The van der Waals surface area contributed by atoms with E-state index in [-0.39, 0.29) is 16.5 Å². The summed E-state index contributed by atoms with van der Waals surface area (Å²) in [5, 5.41) is 3.05. The van der Waals surface area contributed by atoms with Crippen molar-refractivity contribution in [3.8, 4) is 0 Å². The second-order valence-electron chi connectivity index (χ2n) is 6.19. The van der Waals surface area contributed by atoms with E-state index >= 15 is 0 Å². The fourth-order valence-electron chi connectivity index (χ4n) is 2.92. The third-order valence-electron chi connectivity index (χ3n) is 4.36. The van der Waals surface area contributed by atoms with E-state index in [1.807, 2.05) is 28.8 Å². The highest BCUT2D eigenvalue weighted by Crippen LogP contribution is 2.40. The summed E-state index contributed by atoms with van der Waals surface area (Å²) in [6, 6.07) is 10.3. The SMILES string of the molecule is COC(=O)c1cc(NC(=O)c2nc(C3CC3)n3ccccc23)ccc1Cl. The predicted molar refractivity (Wildman–Crippen MR) is 97.9 cm³/mol. The predicted octanol–water partition coefficient (Wildman–Crippen LogP) is 3.90. The van der Waals surface area contributed by atoms with E-state index in [9.17, 15) is 9.59 Å². The first kappa shape index (κ1) is 16.6. The number of fused-ring (bicyclic) bond motifs is 1. The quantitative estimate of drug-likeness (QED) is 0.708. The van der Waals surface area contributed by atoms with Crippen LogP contribution in [0, 0.1) is 0 Å². The van der Waals surface area contributed by atoms with Crippen LogP contribution >= 0.6 is 11.6 Å². The second-order valence-corrected chi connectivity index (χ2v) is 6.60. The standard InChI is InChI=1S/C19H16ClN3O3/c1-26-19(25)13-10-12(7-8-14(13)20)21-18(24)16-15-4-2-3-9-23(15)17(22-16)11-5-6-11/h2-4,7-11H,5-6H2,1H3,(H,21,24). The minimum atomic E-state index is -0.561. The smallest absolute Gasteiger partial charge is 0.339 e. The van der Waals surface area contributed by atoms with Crippen LogP contribution in [-0.4, -0.2) is 28.4 Å². The summed E-state index contributed by atoms with van der Waals surface area (Å²) >= 11 is 6.02. The highest BCUT2D eigenvalue weighted by Gasteiger charge is 2.30. The number of rotatable bonds is 4. The number of hydrogen-bond acceptors (Lipinski definition) is 4. The summed E-state index contributed by atoms with van der Waals surface area (Å²) in [5.74, 6) is 0.429. The van der Waals surface area contributed by atoms with Crippen LogP contribution in [0.1, 0.15) is 45.4 Å². The van der Waals surface area contributed by atoms with Crippen LogP contribution < -0.4 is 5.32 Å². The molecule has 0 atom stereocenters. The molecule has 1 fully saturated rings. The van der Waals surface area contributed by atoms with Gasteiger partial charge in [-0.3, -0.25) is 4.79 Å². The zero-order valence-electron chi connectivity index (χ0n) is 14.0. The van der Waals surface area contributed by atoms with Gasteiger partial charge in [-0.25, -0.2) is 9.78 Å². The van der Waals surface area contributed by atoms with Crippen molar-refractivity contribution >= 4 is 34.7 Å². The molecule has 0 bridgehead atoms. The number of methoxy groups -OCH3 is 1. The molecule has 6 nitrogen and oxygen atoms in total. The number of imidazole rings is 1. The molecule has 0 radical (unpaired) electrons. The maximum atomic E-state index is 12.8. The molecule has 4 rings (SSSR count). The van der Waals surface area contributed by atoms with Crippen molar-refractivity contribution in [2.45, 2.75) is 18.8 Å². The minimum absolute atomic E-state index is 0.195. The Hall–Kier alpha value is -2.86. The molecule has 1 amide bonds. The molecule has 3 aromatic rings. The number of amides is 1. The van der Waals surface area contributed by atoms with E-state index in [0.717, 1.165) is 24.2 Å². The monoisotopic (exact) mass is 369 g/mol. The molecule has 2 aromatic heterocycles. The molecule has 1 aliphatic carbocycles. The zero-order chi connectivity index (χ0) is 18.3. The van der Waals surface area contributed by atoms with Crippen LogP contribution in [0.25, 0.3) is 5.52 Å². The number of hydrogen-bond donors (Lipinski definition) is 1. The Bertz CT molecular complexity index is 1020. The van der Waals surface area contributed by atoms with Crippen molar-refractivity contribution in [3.63, 3.8) is 0 Å². The average Bonchev–Trinajstić information content (AvgIpc) is 3.42. The normalized spacial score (nSPS) is 13.6. The second kappa shape index (κ2) is 6.46. The molecule has 26 heavy (non-hydrogen) atoms. The van der Waals surface area contributed by atoms with Gasteiger partial charge >= 0.3 is 5.97 Å². The van der Waals surface area contributed by atoms with E-state index in [2.05, 4.69) is 10.3 Å². The van der Waals surface area contributed by atoms with Gasteiger partial charge in [0.15, 0.2) is 5.69 Å². The number of nitrogens with zero attached hydrogens (tertiary/aromatic N) is 2. The van der Waals surface area contributed by atoms with Gasteiger partial charge in [-0.2, -0.15) is 0 Å². The molecule has 0 saturated heterocycles. The summed E-state index contributed by atoms with van der Waals surface area (Å²) < 4.78 is 6.67. The fraction of sp³-hybridized carbons (Fsp3) is 0.211. The number of anilines is 1. The van der Waals surface area contributed by atoms with Crippen molar-refractivity contribution in [1.82, 2.24) is 9.38 Å². The molecular weight excluding hydrogens is 354 g/mol. The van der Waals surface area contributed by atoms with Crippen molar-refractivity contribution in [1.29, 1.82) is 0 Å². The molecular formula is C19H16ClN3O3. The summed E-state index contributed by atoms with van der Waals surface area (Å²) in [6.45, 7) is 0. The number of carbonyl (C=O) groups excluding carboxylic acids is 2. The van der Waals surface area contributed by atoms with Gasteiger partial charge in [-0.1, -0.05) is 17.7 Å². The maximum absolute atomic E-state index is 12.8. The molecule has 1 aliphatic rings. The number of ether oxygens (including phenoxy) is 1. The molecule has 0 spiro atoms. The first-order valence-electron chi connectivity index (χ1n) is 8.24. The Balaban J connectivity index is 1.67. The summed E-state index contributed by atoms with van der Waals surface area (Å²) in [6.07, 6.45) is 4.11. The van der Waals surface area contributed by atoms with Crippen LogP contribution in [0.4, 0.5) is 5.69 Å². The fourth-order valence-corrected chi connectivity index (χ4v) is 3.11. The number of carbonyl (C=O) groups is 2. The molecule has 0 unspecified atom stereocenters. The number of benzene rings is 1. The van der Waals surface area contributed by atoms with Gasteiger partial charge in [0.05, 0.1) is 23.2 Å². The third-order valence-corrected chi connectivity index (χ3v) is 4.69. The first-order chi connectivity index (χ1) is 12.6. The van der Waals surface area contributed by atoms with Gasteiger partial charge < -0.3 is 14.5 Å². The number of pyridine rings is 1. The van der Waals surface area contributed by atoms with Crippen molar-refractivity contribution < 1.29 is 14.3 Å². The van der Waals surface area contributed by atoms with Gasteiger partial charge in [-0.05, 0) is 43.2 Å². The topological polar surface area (TPSA) is 72.7 Å². The van der Waals surface area contributed by atoms with E-state index in [1.165, 1.54) is 13.2 Å². The van der Waals surface area contributed by atoms with Gasteiger partial charge in [-0.15, -0.1) is 0 Å². The average molecular weight is 370 g/mol. The summed E-state index contributed by atoms with van der Waals surface area (Å²) in [7, 11) is 1.28. The number of esters is 1. The highest BCUT2D eigenvalue weighted by molar-refractivity contribution is 6.33. The molecule has 0 aliphatic heterocycles. The first-order valence-corrected chi connectivity index (χ1v) is 8.62. The number of halogens is 1. The Morgan fingerprint density at radius 1 is 1.27 bits per heavy atom. The minimum Gasteiger partial charge on any atom is -0.465 e. The van der Waals surface area contributed by atoms with E-state index in [4.69, 9.17) is 16.3 Å². The van der Waals surface area contributed by atoms with Crippen LogP contribution in [0.5, 0.6) is 0 Å². The summed E-state index contributed by atoms with van der Waals surface area (Å²) in [5.41, 5.74) is 1.77. The Kier molecular flexibility index (Phi) is 4.12. The third kappa shape index (κ3) is 2.93. The van der Waals surface area contributed by atoms with Gasteiger partial charge in [0.25, 0.3) is 5.91 Å². The van der Waals surface area contributed by atoms with Crippen LogP contribution in [0.2, 0.25) is 5.02 Å². The lowest BCUT2D eigenvalue weighted by Gasteiger charge is -2.07. The number of nitrogens with one attached hydrogen (secondary N) is 1. The highest BCUT2D eigenvalue weighted by atomic mass is 35.5. The van der Waals surface area contributed by atoms with E-state index < -0.39 is 5.97 Å². The van der Waals surface area contributed by atoms with Crippen LogP contribution in [0.15, 0.2) is 42.6 Å². The van der Waals surface area contributed by atoms with Crippen molar-refractivity contribution in [3.05, 3.63) is 64.7 Å². The van der Waals surface area contributed by atoms with Gasteiger partial charge in [0.1, 0.15) is 5.82 Å². The molecule has 2 heterocycles.